The molecule has 0 aliphatic carbocycles. The summed E-state index contributed by atoms with van der Waals surface area (Å²) in [4.78, 5) is 43.7. The minimum atomic E-state index is -4.42. The number of nitrogens with zero attached hydrogens (tertiary/aromatic N) is 1. The van der Waals surface area contributed by atoms with E-state index in [1.807, 2.05) is 36.4 Å². The van der Waals surface area contributed by atoms with Gasteiger partial charge in [-0.2, -0.15) is 8.42 Å². The molecule has 0 radical (unpaired) electrons. The maximum atomic E-state index is 13.6. The van der Waals surface area contributed by atoms with Crippen molar-refractivity contribution in [2.75, 3.05) is 16.0 Å². The van der Waals surface area contributed by atoms with Crippen LogP contribution >= 0.6 is 0 Å². The van der Waals surface area contributed by atoms with E-state index in [2.05, 4.69) is 20.9 Å². The molecule has 0 saturated carbocycles. The van der Waals surface area contributed by atoms with Crippen molar-refractivity contribution in [3.63, 3.8) is 0 Å². The largest absolute Gasteiger partial charge is 0.322 e. The number of fused-ring (bicyclic) bond motifs is 2. The summed E-state index contributed by atoms with van der Waals surface area (Å²) in [5.74, 6) is -1.54. The molecule has 0 atom stereocenters. The zero-order valence-electron chi connectivity index (χ0n) is 23.4. The minimum absolute atomic E-state index is 0.0807. The smallest absolute Gasteiger partial charge is 0.294 e. The lowest BCUT2D eigenvalue weighted by atomic mass is 10.1. The second-order valence-electron chi connectivity index (χ2n) is 10.1. The summed E-state index contributed by atoms with van der Waals surface area (Å²) in [6.07, 6.45) is 2.95. The van der Waals surface area contributed by atoms with Crippen LogP contribution in [-0.2, 0) is 10.1 Å². The summed E-state index contributed by atoms with van der Waals surface area (Å²) in [5, 5.41) is 11.2. The van der Waals surface area contributed by atoms with Crippen molar-refractivity contribution in [1.82, 2.24) is 4.98 Å². The van der Waals surface area contributed by atoms with E-state index >= 15 is 0 Å². The van der Waals surface area contributed by atoms with E-state index in [1.165, 1.54) is 60.9 Å². The Kier molecular flexibility index (Phi) is 7.78. The number of pyridine rings is 1. The Morgan fingerprint density at radius 1 is 0.556 bits per heavy atom. The molecule has 11 heteroatoms. The highest BCUT2D eigenvalue weighted by Gasteiger charge is 2.18. The van der Waals surface area contributed by atoms with Crippen molar-refractivity contribution in [1.29, 1.82) is 0 Å². The number of carbonyl (C=O) groups is 3. The molecule has 4 N–H and O–H groups in total. The van der Waals surface area contributed by atoms with Crippen molar-refractivity contribution in [2.45, 2.75) is 4.90 Å². The molecule has 10 nitrogen and oxygen atoms in total. The molecule has 6 rings (SSSR count). The van der Waals surface area contributed by atoms with Crippen LogP contribution in [0.5, 0.6) is 0 Å². The molecule has 5 aromatic carbocycles. The van der Waals surface area contributed by atoms with Crippen LogP contribution in [0.15, 0.2) is 126 Å². The summed E-state index contributed by atoms with van der Waals surface area (Å²) in [6, 6.07) is 29.4. The molecule has 1 heterocycles. The van der Waals surface area contributed by atoms with Gasteiger partial charge in [-0.05, 0) is 65.4 Å². The van der Waals surface area contributed by atoms with Crippen LogP contribution in [0.1, 0.15) is 31.1 Å². The molecule has 6 aromatic rings. The van der Waals surface area contributed by atoms with Gasteiger partial charge in [-0.1, -0.05) is 54.6 Å². The topological polar surface area (TPSA) is 155 Å². The van der Waals surface area contributed by atoms with Gasteiger partial charge in [0.1, 0.15) is 0 Å². The van der Waals surface area contributed by atoms with Crippen molar-refractivity contribution in [3.8, 4) is 0 Å². The van der Waals surface area contributed by atoms with Crippen molar-refractivity contribution in [3.05, 3.63) is 138 Å². The molecule has 0 aliphatic heterocycles. The number of carbonyl (C=O) groups excluding carboxylic acids is 3. The van der Waals surface area contributed by atoms with E-state index in [0.29, 0.717) is 27.7 Å². The highest BCUT2D eigenvalue weighted by Crippen LogP contribution is 2.28. The van der Waals surface area contributed by atoms with E-state index < -0.39 is 27.8 Å². The van der Waals surface area contributed by atoms with Crippen LogP contribution in [0.25, 0.3) is 21.5 Å². The molecule has 0 fully saturated rings. The highest BCUT2D eigenvalue weighted by molar-refractivity contribution is 7.85. The molecular formula is C34H24N4O6S. The van der Waals surface area contributed by atoms with Gasteiger partial charge >= 0.3 is 0 Å². The van der Waals surface area contributed by atoms with Crippen LogP contribution in [0.2, 0.25) is 0 Å². The summed E-state index contributed by atoms with van der Waals surface area (Å²) < 4.78 is 32.6. The van der Waals surface area contributed by atoms with E-state index in [1.54, 1.807) is 24.3 Å². The average molecular weight is 617 g/mol. The fraction of sp³-hybridized carbons (Fsp3) is 0. The molecule has 0 aliphatic rings. The molecule has 0 saturated heterocycles. The Morgan fingerprint density at radius 2 is 1.11 bits per heavy atom. The SMILES string of the molecule is O=C(Nc1cc(C(=O)Nc2cccc3ccccc23)cc(C(=O)Nc2cccc3cc(S(=O)(=O)O)ccc23)c1)c1ccncc1. The van der Waals surface area contributed by atoms with E-state index in [-0.39, 0.29) is 21.7 Å². The molecule has 45 heavy (non-hydrogen) atoms. The maximum Gasteiger partial charge on any atom is 0.294 e. The molecular weight excluding hydrogens is 592 g/mol. The third-order valence-electron chi connectivity index (χ3n) is 7.09. The second kappa shape index (κ2) is 12.0. The van der Waals surface area contributed by atoms with Gasteiger partial charge in [-0.25, -0.2) is 0 Å². The van der Waals surface area contributed by atoms with Crippen molar-refractivity contribution in [2.24, 2.45) is 0 Å². The molecule has 0 unspecified atom stereocenters. The van der Waals surface area contributed by atoms with Crippen LogP contribution < -0.4 is 16.0 Å². The summed E-state index contributed by atoms with van der Waals surface area (Å²) in [5.41, 5.74) is 1.70. The quantitative estimate of drug-likeness (QED) is 0.152. The monoisotopic (exact) mass is 616 g/mol. The average Bonchev–Trinajstić information content (AvgIpc) is 3.04. The van der Waals surface area contributed by atoms with Gasteiger partial charge in [0, 0.05) is 56.9 Å². The lowest BCUT2D eigenvalue weighted by Gasteiger charge is -2.14. The fourth-order valence-electron chi connectivity index (χ4n) is 4.92. The number of nitrogens with one attached hydrogen (secondary N) is 3. The Bertz CT molecular complexity index is 2230. The summed E-state index contributed by atoms with van der Waals surface area (Å²) in [6.45, 7) is 0. The van der Waals surface area contributed by atoms with Gasteiger partial charge in [0.05, 0.1) is 4.90 Å². The first kappa shape index (κ1) is 29.2. The number of anilines is 3. The van der Waals surface area contributed by atoms with Crippen molar-refractivity contribution < 1.29 is 27.4 Å². The molecule has 3 amide bonds. The van der Waals surface area contributed by atoms with Crippen LogP contribution in [0.4, 0.5) is 17.1 Å². The zero-order chi connectivity index (χ0) is 31.6. The Labute approximate surface area is 257 Å². The van der Waals surface area contributed by atoms with Crippen molar-refractivity contribution >= 4 is 66.4 Å². The van der Waals surface area contributed by atoms with Gasteiger partial charge in [0.2, 0.25) is 0 Å². The molecule has 222 valence electrons. The van der Waals surface area contributed by atoms with Crippen LogP contribution in [0, 0.1) is 0 Å². The summed E-state index contributed by atoms with van der Waals surface area (Å²) >= 11 is 0. The standard InChI is InChI=1S/C34H24N4O6S/c39-32(22-13-15-35-16-14-22)36-26-18-24(33(40)37-30-9-3-6-21-5-1-2-8-28(21)30)17-25(19-26)34(41)38-31-10-4-7-23-20-27(45(42,43)44)11-12-29(23)31/h1-20H,(H,36,39)(H,37,40)(H,38,41)(H,42,43,44). The fourth-order valence-corrected chi connectivity index (χ4v) is 5.44. The molecule has 0 spiro atoms. The lowest BCUT2D eigenvalue weighted by molar-refractivity contribution is 0.101. The number of benzene rings is 5. The Hall–Kier alpha value is -5.91. The van der Waals surface area contributed by atoms with Crippen LogP contribution in [0.3, 0.4) is 0 Å². The zero-order valence-corrected chi connectivity index (χ0v) is 24.2. The molecule has 1 aromatic heterocycles. The van der Waals surface area contributed by atoms with E-state index in [9.17, 15) is 27.4 Å². The van der Waals surface area contributed by atoms with Gasteiger partial charge < -0.3 is 16.0 Å². The predicted octanol–water partition coefficient (Wildman–Crippen LogP) is 6.39. The Balaban J connectivity index is 1.35. The lowest BCUT2D eigenvalue weighted by Crippen LogP contribution is -2.18. The normalized spacial score (nSPS) is 11.2. The molecule has 0 bridgehead atoms. The number of hydrogen-bond donors (Lipinski definition) is 4. The number of aromatic nitrogens is 1. The van der Waals surface area contributed by atoms with E-state index in [0.717, 1.165) is 10.8 Å². The first-order chi connectivity index (χ1) is 21.7. The summed E-state index contributed by atoms with van der Waals surface area (Å²) in [7, 11) is -4.42. The van der Waals surface area contributed by atoms with Gasteiger partial charge in [-0.15, -0.1) is 0 Å². The Morgan fingerprint density at radius 3 is 1.76 bits per heavy atom. The first-order valence-electron chi connectivity index (χ1n) is 13.6. The third-order valence-corrected chi connectivity index (χ3v) is 7.94. The van der Waals surface area contributed by atoms with Crippen LogP contribution in [-0.4, -0.2) is 35.7 Å². The maximum absolute atomic E-state index is 13.6. The highest BCUT2D eigenvalue weighted by atomic mass is 32.2. The van der Waals surface area contributed by atoms with E-state index in [4.69, 9.17) is 0 Å². The number of rotatable bonds is 7. The number of amides is 3. The van der Waals surface area contributed by atoms with Gasteiger partial charge in [0.25, 0.3) is 27.8 Å². The van der Waals surface area contributed by atoms with Gasteiger partial charge in [0.15, 0.2) is 0 Å². The first-order valence-corrected chi connectivity index (χ1v) is 15.1. The third kappa shape index (κ3) is 6.39. The predicted molar refractivity (Wildman–Crippen MR) is 172 cm³/mol. The number of hydrogen-bond acceptors (Lipinski definition) is 6. The van der Waals surface area contributed by atoms with Gasteiger partial charge in [-0.3, -0.25) is 23.9 Å². The minimum Gasteiger partial charge on any atom is -0.322 e. The second-order valence-corrected chi connectivity index (χ2v) is 11.5.